The third kappa shape index (κ3) is 3.36. The number of hydrogen-bond donors (Lipinski definition) is 2. The Morgan fingerprint density at radius 1 is 1.43 bits per heavy atom. The maximum absolute atomic E-state index is 12.5. The van der Waals surface area contributed by atoms with Crippen molar-refractivity contribution in [3.8, 4) is 10.7 Å². The van der Waals surface area contributed by atoms with E-state index in [2.05, 4.69) is 15.5 Å². The second-order valence-electron chi connectivity index (χ2n) is 4.88. The minimum atomic E-state index is -0.516. The van der Waals surface area contributed by atoms with Crippen molar-refractivity contribution < 1.29 is 4.79 Å². The van der Waals surface area contributed by atoms with Crippen LogP contribution in [0.2, 0.25) is 5.02 Å². The Hall–Kier alpha value is -1.96. The summed E-state index contributed by atoms with van der Waals surface area (Å²) in [5, 5.41) is 12.4. The molecule has 8 heteroatoms. The lowest BCUT2D eigenvalue weighted by Crippen LogP contribution is -2.24. The molecule has 0 radical (unpaired) electrons. The number of halogens is 1. The summed E-state index contributed by atoms with van der Waals surface area (Å²) in [6, 6.07) is 10.4. The molecule has 118 valence electrons. The molecule has 0 aliphatic carbocycles. The summed E-state index contributed by atoms with van der Waals surface area (Å²) < 4.78 is 2.11. The minimum absolute atomic E-state index is 0.192. The predicted molar refractivity (Wildman–Crippen MR) is 95.5 cm³/mol. The normalized spacial score (nSPS) is 12.1. The number of nitrogens with zero attached hydrogens (tertiary/aromatic N) is 2. The highest BCUT2D eigenvalue weighted by Gasteiger charge is 2.21. The lowest BCUT2D eigenvalue weighted by molar-refractivity contribution is -0.118. The second-order valence-corrected chi connectivity index (χ2v) is 6.65. The Morgan fingerprint density at radius 3 is 2.96 bits per heavy atom. The van der Waals surface area contributed by atoms with Gasteiger partial charge in [0.25, 0.3) is 0 Å². The number of H-pyrrole nitrogens is 1. The van der Waals surface area contributed by atoms with Crippen LogP contribution in [0.3, 0.4) is 0 Å². The van der Waals surface area contributed by atoms with Crippen LogP contribution >= 0.6 is 35.2 Å². The third-order valence-electron chi connectivity index (χ3n) is 3.30. The van der Waals surface area contributed by atoms with Crippen molar-refractivity contribution in [3.05, 3.63) is 51.6 Å². The summed E-state index contributed by atoms with van der Waals surface area (Å²) in [5.74, 6) is 0.460. The lowest BCUT2D eigenvalue weighted by Gasteiger charge is -2.15. The molecule has 23 heavy (non-hydrogen) atoms. The van der Waals surface area contributed by atoms with Crippen LogP contribution in [0.4, 0.5) is 5.69 Å². The molecule has 0 bridgehead atoms. The van der Waals surface area contributed by atoms with Crippen LogP contribution < -0.4 is 5.32 Å². The number of anilines is 1. The Morgan fingerprint density at radius 2 is 2.26 bits per heavy atom. The maximum Gasteiger partial charge on any atom is 0.247 e. The van der Waals surface area contributed by atoms with Crippen molar-refractivity contribution in [3.63, 3.8) is 0 Å². The van der Waals surface area contributed by atoms with Crippen LogP contribution in [-0.4, -0.2) is 20.7 Å². The van der Waals surface area contributed by atoms with Crippen molar-refractivity contribution in [1.29, 1.82) is 0 Å². The standard InChI is InChI=1S/C15H13ClN4OS2/c1-9(14(21)17-11-5-2-4-10(16)8-11)20-13(18-19-15(20)22)12-6-3-7-23-12/h2-9H,1H3,(H,17,21)(H,19,22)/t9-/m1/s1. The van der Waals surface area contributed by atoms with Crippen molar-refractivity contribution in [2.24, 2.45) is 0 Å². The van der Waals surface area contributed by atoms with Gasteiger partial charge in [0.05, 0.1) is 4.88 Å². The van der Waals surface area contributed by atoms with Crippen molar-refractivity contribution in [2.45, 2.75) is 13.0 Å². The molecule has 2 aromatic heterocycles. The molecule has 0 spiro atoms. The fourth-order valence-corrected chi connectivity index (χ4v) is 3.36. The quantitative estimate of drug-likeness (QED) is 0.669. The van der Waals surface area contributed by atoms with E-state index >= 15 is 0 Å². The molecule has 0 unspecified atom stereocenters. The van der Waals surface area contributed by atoms with Gasteiger partial charge in [-0.25, -0.2) is 0 Å². The Labute approximate surface area is 146 Å². The van der Waals surface area contributed by atoms with E-state index in [4.69, 9.17) is 23.8 Å². The smallest absolute Gasteiger partial charge is 0.247 e. The molecule has 2 N–H and O–H groups in total. The molecule has 0 aliphatic heterocycles. The van der Waals surface area contributed by atoms with E-state index in [-0.39, 0.29) is 5.91 Å². The number of nitrogens with one attached hydrogen (secondary N) is 2. The van der Waals surface area contributed by atoms with Crippen molar-refractivity contribution in [1.82, 2.24) is 14.8 Å². The van der Waals surface area contributed by atoms with Gasteiger partial charge >= 0.3 is 0 Å². The molecule has 3 aromatic rings. The molecule has 0 aliphatic rings. The van der Waals surface area contributed by atoms with Crippen LogP contribution in [0, 0.1) is 4.77 Å². The molecule has 1 atom stereocenters. The van der Waals surface area contributed by atoms with E-state index in [0.29, 0.717) is 21.3 Å². The Balaban J connectivity index is 1.89. The Kier molecular flexibility index (Phi) is 4.61. The Bertz CT molecular complexity index is 885. The number of carbonyl (C=O) groups is 1. The molecular weight excluding hydrogens is 352 g/mol. The van der Waals surface area contributed by atoms with E-state index in [0.717, 1.165) is 4.88 Å². The second kappa shape index (κ2) is 6.66. The van der Waals surface area contributed by atoms with Crippen LogP contribution in [0.5, 0.6) is 0 Å². The summed E-state index contributed by atoms with van der Waals surface area (Å²) in [5.41, 5.74) is 0.641. The number of carbonyl (C=O) groups excluding carboxylic acids is 1. The summed E-state index contributed by atoms with van der Waals surface area (Å²) >= 11 is 12.8. The zero-order valence-electron chi connectivity index (χ0n) is 12.1. The van der Waals surface area contributed by atoms with Gasteiger partial charge in [0, 0.05) is 10.7 Å². The number of amides is 1. The molecule has 1 aromatic carbocycles. The van der Waals surface area contributed by atoms with E-state index in [1.807, 2.05) is 17.5 Å². The SMILES string of the molecule is C[C@H](C(=O)Nc1cccc(Cl)c1)n1c(-c2cccs2)n[nH]c1=S. The van der Waals surface area contributed by atoms with Gasteiger partial charge in [0.2, 0.25) is 5.91 Å². The molecule has 1 amide bonds. The molecule has 0 saturated heterocycles. The van der Waals surface area contributed by atoms with Gasteiger partial charge in [0.15, 0.2) is 10.6 Å². The topological polar surface area (TPSA) is 62.7 Å². The minimum Gasteiger partial charge on any atom is -0.324 e. The highest BCUT2D eigenvalue weighted by molar-refractivity contribution is 7.71. The average molecular weight is 365 g/mol. The summed E-state index contributed by atoms with van der Waals surface area (Å²) in [6.45, 7) is 1.78. The summed E-state index contributed by atoms with van der Waals surface area (Å²) in [7, 11) is 0. The van der Waals surface area contributed by atoms with Gasteiger partial charge in [-0.05, 0) is 48.8 Å². The third-order valence-corrected chi connectivity index (χ3v) is 4.69. The van der Waals surface area contributed by atoms with Gasteiger partial charge in [-0.1, -0.05) is 23.7 Å². The average Bonchev–Trinajstić information content (AvgIpc) is 3.15. The molecule has 0 fully saturated rings. The van der Waals surface area contributed by atoms with Crippen molar-refractivity contribution in [2.75, 3.05) is 5.32 Å². The van der Waals surface area contributed by atoms with E-state index in [9.17, 15) is 4.79 Å². The van der Waals surface area contributed by atoms with E-state index in [1.54, 1.807) is 35.8 Å². The molecule has 0 saturated carbocycles. The van der Waals surface area contributed by atoms with Gasteiger partial charge < -0.3 is 5.32 Å². The number of benzene rings is 1. The first-order valence-corrected chi connectivity index (χ1v) is 8.50. The zero-order valence-corrected chi connectivity index (χ0v) is 14.5. The first-order chi connectivity index (χ1) is 11.1. The van der Waals surface area contributed by atoms with Crippen molar-refractivity contribution >= 4 is 46.8 Å². The van der Waals surface area contributed by atoms with E-state index in [1.165, 1.54) is 11.3 Å². The van der Waals surface area contributed by atoms with Crippen LogP contribution in [0.15, 0.2) is 41.8 Å². The van der Waals surface area contributed by atoms with Crippen LogP contribution in [0.1, 0.15) is 13.0 Å². The van der Waals surface area contributed by atoms with Gasteiger partial charge in [-0.15, -0.1) is 11.3 Å². The summed E-state index contributed by atoms with van der Waals surface area (Å²) in [4.78, 5) is 13.5. The molecule has 5 nitrogen and oxygen atoms in total. The molecular formula is C15H13ClN4OS2. The number of rotatable bonds is 4. The zero-order chi connectivity index (χ0) is 16.4. The first kappa shape index (κ1) is 15.9. The first-order valence-electron chi connectivity index (χ1n) is 6.83. The predicted octanol–water partition coefficient (Wildman–Crippen LogP) is 4.52. The number of aromatic nitrogens is 3. The largest absolute Gasteiger partial charge is 0.324 e. The monoisotopic (exact) mass is 364 g/mol. The molecule has 2 heterocycles. The highest BCUT2D eigenvalue weighted by Crippen LogP contribution is 2.26. The highest BCUT2D eigenvalue weighted by atomic mass is 35.5. The maximum atomic E-state index is 12.5. The fraction of sp³-hybridized carbons (Fsp3) is 0.133. The summed E-state index contributed by atoms with van der Waals surface area (Å²) in [6.07, 6.45) is 0. The van der Waals surface area contributed by atoms with Crippen LogP contribution in [-0.2, 0) is 4.79 Å². The fourth-order valence-electron chi connectivity index (χ4n) is 2.17. The number of aromatic amines is 1. The molecule has 3 rings (SSSR count). The number of thiophene rings is 1. The van der Waals surface area contributed by atoms with Gasteiger partial charge in [-0.2, -0.15) is 5.10 Å². The van der Waals surface area contributed by atoms with Gasteiger partial charge in [-0.3, -0.25) is 14.5 Å². The van der Waals surface area contributed by atoms with Crippen LogP contribution in [0.25, 0.3) is 10.7 Å². The van der Waals surface area contributed by atoms with E-state index < -0.39 is 6.04 Å². The van der Waals surface area contributed by atoms with Gasteiger partial charge in [0.1, 0.15) is 6.04 Å². The number of hydrogen-bond acceptors (Lipinski definition) is 4. The lowest BCUT2D eigenvalue weighted by atomic mass is 10.2.